The first-order chi connectivity index (χ1) is 10.5. The van der Waals surface area contributed by atoms with Gasteiger partial charge in [0.1, 0.15) is 12.3 Å². The quantitative estimate of drug-likeness (QED) is 0.812. The second-order valence-electron chi connectivity index (χ2n) is 3.82. The maximum absolute atomic E-state index is 11.7. The fourth-order valence-corrected chi connectivity index (χ4v) is 1.54. The second kappa shape index (κ2) is 14.4. The lowest BCUT2D eigenvalue weighted by Crippen LogP contribution is -2.30. The van der Waals surface area contributed by atoms with Gasteiger partial charge in [0, 0.05) is 5.56 Å². The predicted octanol–water partition coefficient (Wildman–Crippen LogP) is 3.80. The molecule has 0 aliphatic rings. The Bertz CT molecular complexity index is 450. The van der Waals surface area contributed by atoms with Crippen LogP contribution in [0.3, 0.4) is 0 Å². The maximum atomic E-state index is 11.7. The van der Waals surface area contributed by atoms with Crippen LogP contribution in [-0.4, -0.2) is 32.6 Å². The highest BCUT2D eigenvalue weighted by Crippen LogP contribution is 2.25. The summed E-state index contributed by atoms with van der Waals surface area (Å²) in [7, 11) is 2.77. The number of ether oxygens (including phenoxy) is 2. The van der Waals surface area contributed by atoms with Crippen LogP contribution in [0.25, 0.3) is 0 Å². The van der Waals surface area contributed by atoms with Crippen LogP contribution < -0.4 is 10.1 Å². The van der Waals surface area contributed by atoms with Crippen molar-refractivity contribution in [3.05, 3.63) is 28.2 Å². The van der Waals surface area contributed by atoms with Crippen molar-refractivity contribution in [2.75, 3.05) is 20.8 Å². The van der Waals surface area contributed by atoms with Crippen LogP contribution in [0.4, 0.5) is 0 Å². The van der Waals surface area contributed by atoms with E-state index in [2.05, 4.69) is 39.8 Å². The number of carbonyl (C=O) groups is 2. The van der Waals surface area contributed by atoms with Gasteiger partial charge in [-0.1, -0.05) is 34.1 Å². The van der Waals surface area contributed by atoms with E-state index < -0.39 is 5.97 Å². The molecule has 0 radical (unpaired) electrons. The molecule has 0 atom stereocenters. The van der Waals surface area contributed by atoms with Crippen molar-refractivity contribution in [3.63, 3.8) is 0 Å². The summed E-state index contributed by atoms with van der Waals surface area (Å²) in [6, 6.07) is 4.90. The van der Waals surface area contributed by atoms with Crippen LogP contribution in [0.5, 0.6) is 5.75 Å². The molecule has 5 nitrogen and oxygen atoms in total. The number of halogens is 1. The minimum Gasteiger partial charge on any atom is -0.496 e. The summed E-state index contributed by atoms with van der Waals surface area (Å²) in [5.41, 5.74) is 0.411. The number of nitrogens with one attached hydrogen (secondary N) is 1. The van der Waals surface area contributed by atoms with E-state index in [0.29, 0.717) is 11.3 Å². The third-order valence-corrected chi connectivity index (χ3v) is 2.69. The van der Waals surface area contributed by atoms with Crippen molar-refractivity contribution < 1.29 is 19.1 Å². The van der Waals surface area contributed by atoms with Gasteiger partial charge < -0.3 is 14.8 Å². The molecule has 0 saturated heterocycles. The molecule has 1 aromatic rings. The van der Waals surface area contributed by atoms with Gasteiger partial charge >= 0.3 is 5.97 Å². The van der Waals surface area contributed by atoms with E-state index in [-0.39, 0.29) is 12.5 Å². The van der Waals surface area contributed by atoms with E-state index in [9.17, 15) is 9.59 Å². The highest BCUT2D eigenvalue weighted by Gasteiger charge is 2.10. The molecule has 22 heavy (non-hydrogen) atoms. The molecule has 1 rings (SSSR count). The maximum Gasteiger partial charge on any atom is 0.325 e. The number of methoxy groups -OCH3 is 2. The third-order valence-electron chi connectivity index (χ3n) is 2.03. The smallest absolute Gasteiger partial charge is 0.325 e. The molecule has 1 aromatic carbocycles. The van der Waals surface area contributed by atoms with Gasteiger partial charge in [0.15, 0.2) is 0 Å². The summed E-state index contributed by atoms with van der Waals surface area (Å²) >= 11 is 3.28. The number of rotatable bonds is 4. The van der Waals surface area contributed by atoms with Crippen molar-refractivity contribution in [1.29, 1.82) is 0 Å². The van der Waals surface area contributed by atoms with Crippen molar-refractivity contribution in [2.24, 2.45) is 0 Å². The Hall–Kier alpha value is -1.56. The Balaban J connectivity index is 0. The van der Waals surface area contributed by atoms with Crippen molar-refractivity contribution in [3.8, 4) is 5.75 Å². The van der Waals surface area contributed by atoms with Crippen molar-refractivity contribution in [2.45, 2.75) is 34.1 Å². The van der Waals surface area contributed by atoms with Crippen LogP contribution >= 0.6 is 15.9 Å². The molecule has 0 saturated carbocycles. The van der Waals surface area contributed by atoms with Crippen LogP contribution in [0.2, 0.25) is 0 Å². The minimum atomic E-state index is -0.498. The average Bonchev–Trinajstić information content (AvgIpc) is 2.55. The fraction of sp³-hybridized carbons (Fsp3) is 0.500. The average molecular weight is 376 g/mol. The van der Waals surface area contributed by atoms with Gasteiger partial charge in [0.2, 0.25) is 0 Å². The van der Waals surface area contributed by atoms with Gasteiger partial charge in [0.05, 0.1) is 18.7 Å². The lowest BCUT2D eigenvalue weighted by atomic mass is 10.2. The highest BCUT2D eigenvalue weighted by molar-refractivity contribution is 9.10. The lowest BCUT2D eigenvalue weighted by Gasteiger charge is -2.07. The molecule has 0 heterocycles. The first kappa shape index (κ1) is 22.7. The number of esters is 1. The monoisotopic (exact) mass is 375 g/mol. The van der Waals surface area contributed by atoms with Gasteiger partial charge in [-0.2, -0.15) is 0 Å². The molecule has 6 heteroatoms. The van der Waals surface area contributed by atoms with E-state index >= 15 is 0 Å². The number of hydrogen-bond acceptors (Lipinski definition) is 4. The normalized spacial score (nSPS) is 8.50. The van der Waals surface area contributed by atoms with Gasteiger partial charge in [0.25, 0.3) is 5.91 Å². The zero-order chi connectivity index (χ0) is 17.5. The number of hydrogen-bond donors (Lipinski definition) is 1. The van der Waals surface area contributed by atoms with E-state index in [1.165, 1.54) is 20.6 Å². The predicted molar refractivity (Wildman–Crippen MR) is 92.4 cm³/mol. The lowest BCUT2D eigenvalue weighted by molar-refractivity contribution is -0.139. The molecule has 0 fully saturated rings. The minimum absolute atomic E-state index is 0.159. The van der Waals surface area contributed by atoms with Gasteiger partial charge in [-0.3, -0.25) is 9.59 Å². The topological polar surface area (TPSA) is 64.6 Å². The third kappa shape index (κ3) is 9.39. The van der Waals surface area contributed by atoms with Crippen LogP contribution in [-0.2, 0) is 9.53 Å². The van der Waals surface area contributed by atoms with Gasteiger partial charge in [-0.15, -0.1) is 0 Å². The molecule has 0 bridgehead atoms. The summed E-state index contributed by atoms with van der Waals surface area (Å²) in [5, 5.41) is 2.44. The van der Waals surface area contributed by atoms with Crippen LogP contribution in [0.1, 0.15) is 44.5 Å². The summed E-state index contributed by atoms with van der Waals surface area (Å²) in [6.45, 7) is 8.09. The van der Waals surface area contributed by atoms with Gasteiger partial charge in [-0.05, 0) is 34.1 Å². The standard InChI is InChI=1S/C11H12BrNO4.C3H8.C2H6/c1-16-9-5-7(3-4-8(9)12)11(15)13-6-10(14)17-2;1-3-2;1-2/h3-5H,6H2,1-2H3,(H,13,15);3H2,1-2H3;1-2H3. The molecule has 0 aliphatic heterocycles. The van der Waals surface area contributed by atoms with Crippen molar-refractivity contribution in [1.82, 2.24) is 5.32 Å². The van der Waals surface area contributed by atoms with Crippen molar-refractivity contribution >= 4 is 27.8 Å². The Morgan fingerprint density at radius 1 is 1.18 bits per heavy atom. The molecule has 0 aliphatic carbocycles. The van der Waals surface area contributed by atoms with E-state index in [1.54, 1.807) is 18.2 Å². The Morgan fingerprint density at radius 3 is 2.18 bits per heavy atom. The fourth-order valence-electron chi connectivity index (χ4n) is 1.13. The highest BCUT2D eigenvalue weighted by atomic mass is 79.9. The first-order valence-corrected chi connectivity index (χ1v) is 7.97. The van der Waals surface area contributed by atoms with E-state index in [4.69, 9.17) is 4.74 Å². The molecule has 1 N–H and O–H groups in total. The summed E-state index contributed by atoms with van der Waals surface area (Å²) < 4.78 is 10.2. The SMILES string of the molecule is CC.CCC.COC(=O)CNC(=O)c1ccc(Br)c(OC)c1. The molecule has 0 spiro atoms. The molecular formula is C16H26BrNO4. The summed E-state index contributed by atoms with van der Waals surface area (Å²) in [4.78, 5) is 22.5. The van der Waals surface area contributed by atoms with Crippen LogP contribution in [0, 0.1) is 0 Å². The Labute approximate surface area is 141 Å². The number of benzene rings is 1. The zero-order valence-electron chi connectivity index (χ0n) is 14.2. The van der Waals surface area contributed by atoms with Crippen LogP contribution in [0.15, 0.2) is 22.7 Å². The van der Waals surface area contributed by atoms with E-state index in [1.807, 2.05) is 13.8 Å². The largest absolute Gasteiger partial charge is 0.496 e. The Kier molecular flexibility index (Phi) is 14.8. The molecule has 1 amide bonds. The first-order valence-electron chi connectivity index (χ1n) is 7.18. The second-order valence-corrected chi connectivity index (χ2v) is 4.67. The molecular weight excluding hydrogens is 350 g/mol. The molecule has 126 valence electrons. The van der Waals surface area contributed by atoms with Gasteiger partial charge in [-0.25, -0.2) is 0 Å². The summed E-state index contributed by atoms with van der Waals surface area (Å²) in [5.74, 6) is -0.306. The number of carbonyl (C=O) groups excluding carboxylic acids is 2. The van der Waals surface area contributed by atoms with E-state index in [0.717, 1.165) is 4.47 Å². The molecule has 0 unspecified atom stereocenters. The summed E-state index contributed by atoms with van der Waals surface area (Å²) in [6.07, 6.45) is 1.25. The molecule has 0 aromatic heterocycles. The number of amides is 1. The Morgan fingerprint density at radius 2 is 1.73 bits per heavy atom. The zero-order valence-corrected chi connectivity index (χ0v) is 15.7.